The zero-order chi connectivity index (χ0) is 15.5. The molecular weight excluding hydrogens is 339 g/mol. The lowest BCUT2D eigenvalue weighted by Gasteiger charge is -2.10. The number of nitrogens with one attached hydrogen (secondary N) is 1. The summed E-state index contributed by atoms with van der Waals surface area (Å²) in [5.74, 6) is 0.336. The Kier molecular flexibility index (Phi) is 5.17. The van der Waals surface area contributed by atoms with Crippen LogP contribution in [0.4, 0.5) is 0 Å². The van der Waals surface area contributed by atoms with Crippen LogP contribution >= 0.6 is 23.2 Å². The first-order valence-electron chi connectivity index (χ1n) is 5.87. The second-order valence-corrected chi connectivity index (χ2v) is 6.61. The van der Waals surface area contributed by atoms with E-state index < -0.39 is 10.0 Å². The highest BCUT2D eigenvalue weighted by Crippen LogP contribution is 2.28. The zero-order valence-electron chi connectivity index (χ0n) is 10.7. The van der Waals surface area contributed by atoms with Crippen LogP contribution in [0.3, 0.4) is 0 Å². The first-order valence-corrected chi connectivity index (χ1v) is 8.11. The van der Waals surface area contributed by atoms with Gasteiger partial charge < -0.3 is 10.3 Å². The molecule has 2 aromatic rings. The number of hydrogen-bond donors (Lipinski definition) is 2. The molecule has 0 amide bonds. The van der Waals surface area contributed by atoms with Crippen LogP contribution in [-0.4, -0.2) is 25.1 Å². The fourth-order valence-electron chi connectivity index (χ4n) is 1.61. The molecule has 21 heavy (non-hydrogen) atoms. The van der Waals surface area contributed by atoms with Crippen LogP contribution < -0.4 is 10.5 Å². The summed E-state index contributed by atoms with van der Waals surface area (Å²) in [5, 5.41) is 3.79. The van der Waals surface area contributed by atoms with Crippen molar-refractivity contribution < 1.29 is 12.9 Å². The summed E-state index contributed by atoms with van der Waals surface area (Å²) < 4.78 is 31.6. The van der Waals surface area contributed by atoms with Crippen LogP contribution in [-0.2, 0) is 23.0 Å². The lowest BCUT2D eigenvalue weighted by Crippen LogP contribution is -2.26. The number of benzene rings is 1. The van der Waals surface area contributed by atoms with E-state index in [0.29, 0.717) is 16.5 Å². The third-order valence-corrected chi connectivity index (χ3v) is 4.93. The lowest BCUT2D eigenvalue weighted by molar-refractivity contribution is 0.377. The maximum absolute atomic E-state index is 12.2. The number of rotatable bonds is 6. The normalized spacial score (nSPS) is 11.8. The number of hydrogen-bond acceptors (Lipinski definition) is 6. The molecule has 0 saturated carbocycles. The molecule has 3 N–H and O–H groups in total. The average molecular weight is 351 g/mol. The summed E-state index contributed by atoms with van der Waals surface area (Å²) in [4.78, 5) is 3.72. The molecule has 1 heterocycles. The highest BCUT2D eigenvalue weighted by atomic mass is 35.5. The number of sulfonamides is 1. The maximum atomic E-state index is 12.2. The molecule has 0 saturated heterocycles. The van der Waals surface area contributed by atoms with E-state index in [0.717, 1.165) is 0 Å². The van der Waals surface area contributed by atoms with Gasteiger partial charge >= 0.3 is 0 Å². The van der Waals surface area contributed by atoms with Crippen molar-refractivity contribution in [1.29, 1.82) is 0 Å². The van der Waals surface area contributed by atoms with Crippen molar-refractivity contribution in [3.05, 3.63) is 40.0 Å². The zero-order valence-corrected chi connectivity index (χ0v) is 13.0. The Morgan fingerprint density at radius 3 is 2.67 bits per heavy atom. The monoisotopic (exact) mass is 350 g/mol. The standard InChI is InChI=1S/C11H12Cl2N4O3S/c12-8-4-9(13)10(3-7(8)5-14)21(18,19)17-2-1-11-15-6-16-20-11/h3-4,6,17H,1-2,5,14H2. The number of nitrogens with two attached hydrogens (primary N) is 1. The van der Waals surface area contributed by atoms with Gasteiger partial charge in [-0.2, -0.15) is 4.98 Å². The largest absolute Gasteiger partial charge is 0.340 e. The molecular formula is C11H12Cl2N4O3S. The van der Waals surface area contributed by atoms with Gasteiger partial charge in [-0.05, 0) is 17.7 Å². The van der Waals surface area contributed by atoms with Crippen LogP contribution in [0.15, 0.2) is 27.9 Å². The van der Waals surface area contributed by atoms with E-state index in [1.807, 2.05) is 0 Å². The van der Waals surface area contributed by atoms with Crippen LogP contribution in [0, 0.1) is 0 Å². The lowest BCUT2D eigenvalue weighted by atomic mass is 10.2. The van der Waals surface area contributed by atoms with Crippen LogP contribution in [0.1, 0.15) is 11.5 Å². The van der Waals surface area contributed by atoms with Crippen LogP contribution in [0.2, 0.25) is 10.0 Å². The van der Waals surface area contributed by atoms with Crippen LogP contribution in [0.5, 0.6) is 0 Å². The third-order valence-electron chi connectivity index (χ3n) is 2.65. The molecule has 0 aliphatic carbocycles. The third kappa shape index (κ3) is 3.92. The van der Waals surface area contributed by atoms with Gasteiger partial charge in [-0.25, -0.2) is 13.1 Å². The van der Waals surface area contributed by atoms with Crippen molar-refractivity contribution in [2.75, 3.05) is 6.54 Å². The Morgan fingerprint density at radius 2 is 2.05 bits per heavy atom. The average Bonchev–Trinajstić information content (AvgIpc) is 2.91. The molecule has 7 nitrogen and oxygen atoms in total. The van der Waals surface area contributed by atoms with Crippen molar-refractivity contribution in [1.82, 2.24) is 14.9 Å². The smallest absolute Gasteiger partial charge is 0.242 e. The topological polar surface area (TPSA) is 111 Å². The maximum Gasteiger partial charge on any atom is 0.242 e. The molecule has 10 heteroatoms. The Morgan fingerprint density at radius 1 is 1.29 bits per heavy atom. The Hall–Kier alpha value is -1.19. The minimum atomic E-state index is -3.78. The quantitative estimate of drug-likeness (QED) is 0.813. The summed E-state index contributed by atoms with van der Waals surface area (Å²) in [6, 6.07) is 2.72. The van der Waals surface area contributed by atoms with E-state index in [1.54, 1.807) is 0 Å². The Labute approximate surface area is 131 Å². The predicted octanol–water partition coefficient (Wildman–Crippen LogP) is 1.36. The van der Waals surface area contributed by atoms with E-state index in [9.17, 15) is 8.42 Å². The van der Waals surface area contributed by atoms with Crippen molar-refractivity contribution in [3.63, 3.8) is 0 Å². The molecule has 2 rings (SSSR count). The van der Waals surface area contributed by atoms with Gasteiger partial charge in [0.15, 0.2) is 6.33 Å². The molecule has 0 aliphatic rings. The molecule has 0 fully saturated rings. The van der Waals surface area contributed by atoms with Gasteiger partial charge in [0.1, 0.15) is 4.90 Å². The predicted molar refractivity (Wildman–Crippen MR) is 77.5 cm³/mol. The van der Waals surface area contributed by atoms with Gasteiger partial charge in [-0.15, -0.1) is 0 Å². The van der Waals surface area contributed by atoms with E-state index in [2.05, 4.69) is 14.9 Å². The molecule has 0 bridgehead atoms. The summed E-state index contributed by atoms with van der Waals surface area (Å²) in [6.45, 7) is 0.210. The minimum Gasteiger partial charge on any atom is -0.340 e. The molecule has 0 aliphatic heterocycles. The van der Waals surface area contributed by atoms with Crippen molar-refractivity contribution in [3.8, 4) is 0 Å². The first-order chi connectivity index (χ1) is 9.94. The van der Waals surface area contributed by atoms with Gasteiger partial charge in [0, 0.05) is 24.5 Å². The second kappa shape index (κ2) is 6.71. The molecule has 0 atom stereocenters. The minimum absolute atomic E-state index is 0.0301. The summed E-state index contributed by atoms with van der Waals surface area (Å²) >= 11 is 11.9. The first kappa shape index (κ1) is 16.2. The fraction of sp³-hybridized carbons (Fsp3) is 0.273. The van der Waals surface area contributed by atoms with E-state index in [-0.39, 0.29) is 29.4 Å². The number of nitrogens with zero attached hydrogens (tertiary/aromatic N) is 2. The molecule has 1 aromatic heterocycles. The SMILES string of the molecule is NCc1cc(S(=O)(=O)NCCc2ncno2)c(Cl)cc1Cl. The van der Waals surface area contributed by atoms with E-state index >= 15 is 0 Å². The number of halogens is 2. The Balaban J connectivity index is 2.15. The van der Waals surface area contributed by atoms with Crippen LogP contribution in [0.25, 0.3) is 0 Å². The Bertz CT molecular complexity index is 719. The fourth-order valence-corrected chi connectivity index (χ4v) is 3.51. The molecule has 0 spiro atoms. The second-order valence-electron chi connectivity index (χ2n) is 4.06. The summed E-state index contributed by atoms with van der Waals surface area (Å²) in [6.07, 6.45) is 1.52. The molecule has 1 aromatic carbocycles. The van der Waals surface area contributed by atoms with Gasteiger partial charge in [-0.3, -0.25) is 0 Å². The highest BCUT2D eigenvalue weighted by Gasteiger charge is 2.19. The number of aromatic nitrogens is 2. The van der Waals surface area contributed by atoms with Crippen molar-refractivity contribution in [2.45, 2.75) is 17.9 Å². The summed E-state index contributed by atoms with van der Waals surface area (Å²) in [7, 11) is -3.78. The van der Waals surface area contributed by atoms with Gasteiger partial charge in [0.05, 0.1) is 5.02 Å². The highest BCUT2D eigenvalue weighted by molar-refractivity contribution is 7.89. The van der Waals surface area contributed by atoms with Gasteiger partial charge in [0.25, 0.3) is 0 Å². The van der Waals surface area contributed by atoms with Crippen molar-refractivity contribution >= 4 is 33.2 Å². The molecule has 114 valence electrons. The molecule has 0 unspecified atom stereocenters. The summed E-state index contributed by atoms with van der Waals surface area (Å²) in [5.41, 5.74) is 6.01. The van der Waals surface area contributed by atoms with E-state index in [4.69, 9.17) is 33.5 Å². The molecule has 0 radical (unpaired) electrons. The van der Waals surface area contributed by atoms with E-state index in [1.165, 1.54) is 18.5 Å². The van der Waals surface area contributed by atoms with Gasteiger partial charge in [-0.1, -0.05) is 28.4 Å². The van der Waals surface area contributed by atoms with Crippen molar-refractivity contribution in [2.24, 2.45) is 5.73 Å². The van der Waals surface area contributed by atoms with Gasteiger partial charge in [0.2, 0.25) is 15.9 Å².